The van der Waals surface area contributed by atoms with Gasteiger partial charge in [0.2, 0.25) is 0 Å². The van der Waals surface area contributed by atoms with E-state index in [1.807, 2.05) is 18.2 Å². The van der Waals surface area contributed by atoms with E-state index in [1.165, 1.54) is 5.56 Å². The smallest absolute Gasteiger partial charge is 0.186 e. The van der Waals surface area contributed by atoms with Crippen LogP contribution in [0.2, 0.25) is 5.02 Å². The first-order valence-electron chi connectivity index (χ1n) is 13.9. The van der Waals surface area contributed by atoms with Crippen molar-refractivity contribution >= 4 is 44.2 Å². The van der Waals surface area contributed by atoms with Crippen molar-refractivity contribution in [2.24, 2.45) is 5.92 Å². The normalized spacial score (nSPS) is 24.2. The molecule has 0 radical (unpaired) electrons. The molecule has 3 aliphatic rings. The third kappa shape index (κ3) is 5.93. The second-order valence-electron chi connectivity index (χ2n) is 11.3. The average molecular weight is 600 g/mol. The number of rotatable bonds is 8. The van der Waals surface area contributed by atoms with Crippen LogP contribution in [0.25, 0.3) is 11.3 Å². The quantitative estimate of drug-likeness (QED) is 0.315. The summed E-state index contributed by atoms with van der Waals surface area (Å²) in [6, 6.07) is 12.8. The maximum absolute atomic E-state index is 11.7. The highest BCUT2D eigenvalue weighted by molar-refractivity contribution is 7.91. The van der Waals surface area contributed by atoms with E-state index in [-0.39, 0.29) is 17.4 Å². The molecular weight excluding hydrogens is 566 g/mol. The molecule has 1 aromatic heterocycles. The molecule has 40 heavy (non-hydrogen) atoms. The molecule has 3 saturated heterocycles. The maximum atomic E-state index is 11.7. The summed E-state index contributed by atoms with van der Waals surface area (Å²) >= 11 is 8.05. The van der Waals surface area contributed by atoms with Crippen molar-refractivity contribution in [1.82, 2.24) is 9.88 Å². The molecule has 0 spiro atoms. The minimum absolute atomic E-state index is 0.169. The van der Waals surface area contributed by atoms with Gasteiger partial charge in [0.25, 0.3) is 0 Å². The second kappa shape index (κ2) is 11.4. The molecule has 3 aliphatic heterocycles. The lowest BCUT2D eigenvalue weighted by atomic mass is 9.92. The van der Waals surface area contributed by atoms with Crippen LogP contribution >= 0.6 is 22.9 Å². The van der Waals surface area contributed by atoms with E-state index in [1.54, 1.807) is 11.3 Å². The van der Waals surface area contributed by atoms with Crippen LogP contribution in [0.15, 0.2) is 41.8 Å². The van der Waals surface area contributed by atoms with Crippen LogP contribution in [-0.4, -0.2) is 61.3 Å². The van der Waals surface area contributed by atoms with Crippen molar-refractivity contribution in [2.45, 2.75) is 57.8 Å². The van der Waals surface area contributed by atoms with E-state index in [0.717, 1.165) is 71.8 Å². The topological polar surface area (TPSA) is 79.8 Å². The number of benzene rings is 2. The lowest BCUT2D eigenvalue weighted by Gasteiger charge is -2.37. The van der Waals surface area contributed by atoms with Crippen molar-refractivity contribution in [2.75, 3.05) is 29.5 Å². The van der Waals surface area contributed by atoms with Crippen LogP contribution in [0.1, 0.15) is 42.4 Å². The fraction of sp³-hybridized carbons (Fsp3) is 0.467. The van der Waals surface area contributed by atoms with Gasteiger partial charge in [-0.25, -0.2) is 13.4 Å². The Morgan fingerprint density at radius 2 is 1.85 bits per heavy atom. The zero-order valence-electron chi connectivity index (χ0n) is 22.6. The molecule has 2 bridgehead atoms. The molecule has 0 saturated carbocycles. The number of thiazole rings is 1. The highest BCUT2D eigenvalue weighted by Crippen LogP contribution is 2.44. The fourth-order valence-corrected chi connectivity index (χ4v) is 8.73. The molecule has 3 fully saturated rings. The number of nitrogens with zero attached hydrogens (tertiary/aromatic N) is 3. The highest BCUT2D eigenvalue weighted by Gasteiger charge is 2.42. The van der Waals surface area contributed by atoms with Gasteiger partial charge >= 0.3 is 0 Å². The van der Waals surface area contributed by atoms with Crippen molar-refractivity contribution in [1.29, 1.82) is 0 Å². The van der Waals surface area contributed by atoms with Gasteiger partial charge in [-0.1, -0.05) is 29.8 Å². The van der Waals surface area contributed by atoms with Gasteiger partial charge in [-0.05, 0) is 67.5 Å². The van der Waals surface area contributed by atoms with E-state index >= 15 is 0 Å². The van der Waals surface area contributed by atoms with Gasteiger partial charge in [-0.15, -0.1) is 11.3 Å². The number of carbonyl (C=O) groups excluding carboxylic acids is 1. The lowest BCUT2D eigenvalue weighted by molar-refractivity contribution is -0.111. The first-order valence-corrected chi connectivity index (χ1v) is 17.0. The van der Waals surface area contributed by atoms with E-state index in [0.29, 0.717) is 36.8 Å². The Bertz CT molecular complexity index is 1480. The van der Waals surface area contributed by atoms with E-state index < -0.39 is 9.84 Å². The summed E-state index contributed by atoms with van der Waals surface area (Å²) in [6.45, 7) is 4.42. The van der Waals surface area contributed by atoms with Gasteiger partial charge in [0, 0.05) is 53.6 Å². The molecule has 4 heterocycles. The average Bonchev–Trinajstić information content (AvgIpc) is 3.51. The Morgan fingerprint density at radius 3 is 2.55 bits per heavy atom. The largest absolute Gasteiger partial charge is 0.488 e. The Labute approximate surface area is 245 Å². The number of aromatic nitrogens is 1. The van der Waals surface area contributed by atoms with E-state index in [2.05, 4.69) is 40.3 Å². The number of hydrogen-bond donors (Lipinski definition) is 0. The minimum atomic E-state index is -2.88. The van der Waals surface area contributed by atoms with Crippen LogP contribution in [-0.2, 0) is 27.8 Å². The number of carbonyl (C=O) groups is 1. The molecule has 212 valence electrons. The molecule has 0 aliphatic carbocycles. The summed E-state index contributed by atoms with van der Waals surface area (Å²) in [7, 11) is -2.88. The van der Waals surface area contributed by atoms with E-state index in [9.17, 15) is 13.2 Å². The van der Waals surface area contributed by atoms with Crippen molar-refractivity contribution in [3.63, 3.8) is 0 Å². The van der Waals surface area contributed by atoms with Crippen LogP contribution < -0.4 is 9.64 Å². The lowest BCUT2D eigenvalue weighted by Crippen LogP contribution is -2.43. The standard InChI is InChI=1S/C30H34ClN3O4S2/c1-20-12-21(16-33-8-10-40(36,37)11-9-33)2-3-23(20)18-38-29-7-4-24(31)15-27(29)28-19-39-30(32-28)34-25-5-6-26(34)14-22(13-25)17-35/h2-4,7,12,15,17,19,22,25-26H,5-6,8-11,13-14,16,18H2,1H3. The molecular formula is C30H34ClN3O4S2. The van der Waals surface area contributed by atoms with Gasteiger partial charge in [-0.3, -0.25) is 4.90 Å². The number of halogens is 1. The van der Waals surface area contributed by atoms with Crippen molar-refractivity contribution < 1.29 is 17.9 Å². The number of sulfone groups is 1. The van der Waals surface area contributed by atoms with Crippen LogP contribution in [0.4, 0.5) is 5.13 Å². The first kappa shape index (κ1) is 27.7. The molecule has 6 rings (SSSR count). The summed E-state index contributed by atoms with van der Waals surface area (Å²) in [5.41, 5.74) is 5.14. The fourth-order valence-electron chi connectivity index (χ4n) is 6.32. The molecule has 10 heteroatoms. The summed E-state index contributed by atoms with van der Waals surface area (Å²) in [5.74, 6) is 1.38. The number of aryl methyl sites for hydroxylation is 1. The van der Waals surface area contributed by atoms with Crippen molar-refractivity contribution in [3.8, 4) is 17.0 Å². The summed E-state index contributed by atoms with van der Waals surface area (Å²) in [5, 5.41) is 3.72. The Hall–Kier alpha value is -2.46. The maximum Gasteiger partial charge on any atom is 0.186 e. The molecule has 7 nitrogen and oxygen atoms in total. The number of hydrogen-bond acceptors (Lipinski definition) is 8. The predicted molar refractivity (Wildman–Crippen MR) is 160 cm³/mol. The predicted octanol–water partition coefficient (Wildman–Crippen LogP) is 5.53. The summed E-state index contributed by atoms with van der Waals surface area (Å²) < 4.78 is 29.8. The molecule has 3 aromatic rings. The zero-order chi connectivity index (χ0) is 27.9. The van der Waals surface area contributed by atoms with Gasteiger partial charge in [-0.2, -0.15) is 0 Å². The van der Waals surface area contributed by atoms with Crippen molar-refractivity contribution in [3.05, 3.63) is 63.5 Å². The number of aldehydes is 1. The van der Waals surface area contributed by atoms with Crippen LogP contribution in [0, 0.1) is 12.8 Å². The van der Waals surface area contributed by atoms with Gasteiger partial charge < -0.3 is 14.4 Å². The summed E-state index contributed by atoms with van der Waals surface area (Å²) in [6.07, 6.45) is 5.20. The highest BCUT2D eigenvalue weighted by atomic mass is 35.5. The Balaban J connectivity index is 1.14. The second-order valence-corrected chi connectivity index (χ2v) is 14.9. The number of anilines is 1. The summed E-state index contributed by atoms with van der Waals surface area (Å²) in [4.78, 5) is 21.1. The van der Waals surface area contributed by atoms with Gasteiger partial charge in [0.05, 0.1) is 17.2 Å². The number of ether oxygens (including phenoxy) is 1. The Kier molecular flexibility index (Phi) is 7.92. The molecule has 2 unspecified atom stereocenters. The first-order chi connectivity index (χ1) is 19.3. The molecule has 0 N–H and O–H groups in total. The SMILES string of the molecule is Cc1cc(CN2CCS(=O)(=O)CC2)ccc1COc1ccc(Cl)cc1-c1csc(N2C3CCC2CC(C=O)C3)n1. The van der Waals surface area contributed by atoms with Gasteiger partial charge in [0.1, 0.15) is 18.6 Å². The zero-order valence-corrected chi connectivity index (χ0v) is 25.0. The van der Waals surface area contributed by atoms with E-state index in [4.69, 9.17) is 21.3 Å². The number of fused-ring (bicyclic) bond motifs is 2. The van der Waals surface area contributed by atoms with Crippen LogP contribution in [0.5, 0.6) is 5.75 Å². The number of piperidine rings is 1. The molecule has 2 atom stereocenters. The van der Waals surface area contributed by atoms with Crippen LogP contribution in [0.3, 0.4) is 0 Å². The van der Waals surface area contributed by atoms with Gasteiger partial charge in [0.15, 0.2) is 15.0 Å². The molecule has 0 amide bonds. The third-order valence-electron chi connectivity index (χ3n) is 8.53. The molecule has 2 aromatic carbocycles. The minimum Gasteiger partial charge on any atom is -0.488 e. The Morgan fingerprint density at radius 1 is 1.10 bits per heavy atom. The monoisotopic (exact) mass is 599 g/mol. The third-order valence-corrected chi connectivity index (χ3v) is 11.2.